The molecule has 1 saturated heterocycles. The molecule has 1 rings (SSSR count). The van der Waals surface area contributed by atoms with Crippen LogP contribution in [0.2, 0.25) is 5.82 Å². The molecule has 0 aromatic carbocycles. The SMILES string of the molecule is [B]C1CCN(C(=O)OC(C)C)CC1. The Morgan fingerprint density at radius 1 is 1.46 bits per heavy atom. The average molecular weight is 181 g/mol. The second-order valence-electron chi connectivity index (χ2n) is 3.76. The first-order valence-corrected chi connectivity index (χ1v) is 4.80. The Bertz CT molecular complexity index is 176. The van der Waals surface area contributed by atoms with Crippen molar-refractivity contribution in [2.24, 2.45) is 0 Å². The van der Waals surface area contributed by atoms with Gasteiger partial charge in [-0.3, -0.25) is 0 Å². The molecule has 0 saturated carbocycles. The summed E-state index contributed by atoms with van der Waals surface area (Å²) in [5.41, 5.74) is 0. The van der Waals surface area contributed by atoms with E-state index in [2.05, 4.69) is 0 Å². The van der Waals surface area contributed by atoms with Gasteiger partial charge in [0.25, 0.3) is 0 Å². The predicted octanol–water partition coefficient (Wildman–Crippen LogP) is 1.58. The number of nitrogens with zero attached hydrogens (tertiary/aromatic N) is 1. The molecule has 1 heterocycles. The van der Waals surface area contributed by atoms with Crippen LogP contribution in [0.3, 0.4) is 0 Å². The van der Waals surface area contributed by atoms with Crippen molar-refractivity contribution in [2.45, 2.75) is 38.6 Å². The predicted molar refractivity (Wildman–Crippen MR) is 51.9 cm³/mol. The Morgan fingerprint density at radius 3 is 2.46 bits per heavy atom. The third kappa shape index (κ3) is 3.29. The molecule has 2 radical (unpaired) electrons. The first-order chi connectivity index (χ1) is 6.09. The molecule has 1 aliphatic heterocycles. The van der Waals surface area contributed by atoms with Crippen LogP contribution in [0, 0.1) is 0 Å². The number of carbonyl (C=O) groups excluding carboxylic acids is 1. The van der Waals surface area contributed by atoms with E-state index >= 15 is 0 Å². The lowest BCUT2D eigenvalue weighted by molar-refractivity contribution is 0.0713. The van der Waals surface area contributed by atoms with Crippen molar-refractivity contribution in [3.05, 3.63) is 0 Å². The van der Waals surface area contributed by atoms with Gasteiger partial charge in [0, 0.05) is 13.1 Å². The second-order valence-corrected chi connectivity index (χ2v) is 3.76. The number of likely N-dealkylation sites (tertiary alicyclic amines) is 1. The van der Waals surface area contributed by atoms with Crippen molar-refractivity contribution < 1.29 is 9.53 Å². The number of ether oxygens (including phenoxy) is 1. The molecule has 0 atom stereocenters. The Kier molecular flexibility index (Phi) is 3.64. The maximum absolute atomic E-state index is 11.4. The number of piperidine rings is 1. The van der Waals surface area contributed by atoms with Gasteiger partial charge in [-0.15, -0.1) is 0 Å². The maximum atomic E-state index is 11.4. The summed E-state index contributed by atoms with van der Waals surface area (Å²) in [6, 6.07) is 0. The van der Waals surface area contributed by atoms with E-state index in [0.29, 0.717) is 0 Å². The Hall–Kier alpha value is -0.665. The fourth-order valence-electron chi connectivity index (χ4n) is 1.36. The lowest BCUT2D eigenvalue weighted by atomic mass is 9.80. The van der Waals surface area contributed by atoms with Crippen LogP contribution in [0.25, 0.3) is 0 Å². The van der Waals surface area contributed by atoms with Crippen molar-refractivity contribution in [3.8, 4) is 0 Å². The minimum Gasteiger partial charge on any atom is -0.447 e. The molecule has 1 aliphatic rings. The van der Waals surface area contributed by atoms with Crippen LogP contribution >= 0.6 is 0 Å². The minimum absolute atomic E-state index is 0.0388. The summed E-state index contributed by atoms with van der Waals surface area (Å²) < 4.78 is 5.07. The van der Waals surface area contributed by atoms with Crippen molar-refractivity contribution >= 4 is 13.9 Å². The van der Waals surface area contributed by atoms with Crippen molar-refractivity contribution in [1.82, 2.24) is 4.90 Å². The molecule has 0 N–H and O–H groups in total. The summed E-state index contributed by atoms with van der Waals surface area (Å²) >= 11 is 0. The van der Waals surface area contributed by atoms with E-state index < -0.39 is 0 Å². The van der Waals surface area contributed by atoms with Gasteiger partial charge in [0.15, 0.2) is 0 Å². The van der Waals surface area contributed by atoms with Crippen LogP contribution in [0.1, 0.15) is 26.7 Å². The summed E-state index contributed by atoms with van der Waals surface area (Å²) in [6.45, 7) is 5.17. The smallest absolute Gasteiger partial charge is 0.410 e. The number of hydrogen-bond donors (Lipinski definition) is 0. The van der Waals surface area contributed by atoms with E-state index in [0.717, 1.165) is 25.9 Å². The molecule has 0 aromatic rings. The second kappa shape index (κ2) is 4.54. The summed E-state index contributed by atoms with van der Waals surface area (Å²) in [6.07, 6.45) is 1.52. The van der Waals surface area contributed by atoms with Crippen molar-refractivity contribution in [3.63, 3.8) is 0 Å². The van der Waals surface area contributed by atoms with Crippen LogP contribution in [-0.4, -0.2) is 38.0 Å². The third-order valence-electron chi connectivity index (χ3n) is 2.13. The van der Waals surface area contributed by atoms with Crippen LogP contribution in [0.15, 0.2) is 0 Å². The lowest BCUT2D eigenvalue weighted by Gasteiger charge is -2.30. The maximum Gasteiger partial charge on any atom is 0.410 e. The van der Waals surface area contributed by atoms with Gasteiger partial charge < -0.3 is 9.64 Å². The van der Waals surface area contributed by atoms with Gasteiger partial charge in [-0.2, -0.15) is 0 Å². The Balaban J connectivity index is 2.31. The third-order valence-corrected chi connectivity index (χ3v) is 2.13. The fourth-order valence-corrected chi connectivity index (χ4v) is 1.36. The highest BCUT2D eigenvalue weighted by molar-refractivity contribution is 6.11. The lowest BCUT2D eigenvalue weighted by Crippen LogP contribution is -2.38. The van der Waals surface area contributed by atoms with Gasteiger partial charge in [0.1, 0.15) is 0 Å². The van der Waals surface area contributed by atoms with Gasteiger partial charge in [0.2, 0.25) is 0 Å². The van der Waals surface area contributed by atoms with Gasteiger partial charge in [-0.1, -0.05) is 5.82 Å². The first kappa shape index (κ1) is 10.4. The molecule has 1 amide bonds. The van der Waals surface area contributed by atoms with E-state index in [4.69, 9.17) is 12.6 Å². The van der Waals surface area contributed by atoms with Crippen molar-refractivity contribution in [2.75, 3.05) is 13.1 Å². The molecular weight excluding hydrogens is 165 g/mol. The Labute approximate surface area is 80.8 Å². The molecule has 3 nitrogen and oxygen atoms in total. The van der Waals surface area contributed by atoms with Crippen LogP contribution in [0.5, 0.6) is 0 Å². The highest BCUT2D eigenvalue weighted by atomic mass is 16.6. The average Bonchev–Trinajstić information content (AvgIpc) is 2.04. The van der Waals surface area contributed by atoms with Crippen LogP contribution in [-0.2, 0) is 4.74 Å². The number of carbonyl (C=O) groups is 1. The van der Waals surface area contributed by atoms with E-state index in [1.807, 2.05) is 13.8 Å². The molecule has 4 heteroatoms. The minimum atomic E-state index is -0.207. The molecular formula is C9H16BNO2. The Morgan fingerprint density at radius 2 is 2.00 bits per heavy atom. The van der Waals surface area contributed by atoms with E-state index in [9.17, 15) is 4.79 Å². The van der Waals surface area contributed by atoms with Gasteiger partial charge in [-0.25, -0.2) is 4.79 Å². The summed E-state index contributed by atoms with van der Waals surface area (Å²) in [4.78, 5) is 13.1. The normalized spacial score (nSPS) is 19.2. The molecule has 0 spiro atoms. The zero-order valence-electron chi connectivity index (χ0n) is 8.32. The van der Waals surface area contributed by atoms with E-state index in [1.54, 1.807) is 4.90 Å². The monoisotopic (exact) mass is 181 g/mol. The van der Waals surface area contributed by atoms with Crippen LogP contribution < -0.4 is 0 Å². The zero-order chi connectivity index (χ0) is 9.84. The topological polar surface area (TPSA) is 29.5 Å². The highest BCUT2D eigenvalue weighted by Gasteiger charge is 2.21. The van der Waals surface area contributed by atoms with E-state index in [1.165, 1.54) is 0 Å². The van der Waals surface area contributed by atoms with Crippen molar-refractivity contribution in [1.29, 1.82) is 0 Å². The van der Waals surface area contributed by atoms with E-state index in [-0.39, 0.29) is 18.0 Å². The van der Waals surface area contributed by atoms with Gasteiger partial charge in [-0.05, 0) is 26.7 Å². The highest BCUT2D eigenvalue weighted by Crippen LogP contribution is 2.19. The molecule has 13 heavy (non-hydrogen) atoms. The van der Waals surface area contributed by atoms with Gasteiger partial charge in [0.05, 0.1) is 14.0 Å². The summed E-state index contributed by atoms with van der Waals surface area (Å²) in [5.74, 6) is 0.253. The molecule has 0 aromatic heterocycles. The quantitative estimate of drug-likeness (QED) is 0.574. The molecule has 0 bridgehead atoms. The summed E-state index contributed by atoms with van der Waals surface area (Å²) in [7, 11) is 5.72. The molecule has 1 fully saturated rings. The molecule has 0 aliphatic carbocycles. The molecule has 0 unspecified atom stereocenters. The van der Waals surface area contributed by atoms with Crippen LogP contribution in [0.4, 0.5) is 4.79 Å². The number of hydrogen-bond acceptors (Lipinski definition) is 2. The number of rotatable bonds is 1. The zero-order valence-corrected chi connectivity index (χ0v) is 8.32. The van der Waals surface area contributed by atoms with Gasteiger partial charge >= 0.3 is 6.09 Å². The fraction of sp³-hybridized carbons (Fsp3) is 0.889. The first-order valence-electron chi connectivity index (χ1n) is 4.80. The number of amides is 1. The largest absolute Gasteiger partial charge is 0.447 e. The molecule has 72 valence electrons. The standard InChI is InChI=1S/C9H16BNO2/c1-7(2)13-9(12)11-5-3-8(10)4-6-11/h7-8H,3-6H2,1-2H3. The summed E-state index contributed by atoms with van der Waals surface area (Å²) in [5, 5.41) is 0.